The molecule has 9 heteroatoms. The fourth-order valence-corrected chi connectivity index (χ4v) is 3.91. The summed E-state index contributed by atoms with van der Waals surface area (Å²) in [6.07, 6.45) is 4.50. The van der Waals surface area contributed by atoms with Crippen LogP contribution in [0.2, 0.25) is 0 Å². The van der Waals surface area contributed by atoms with Gasteiger partial charge < -0.3 is 9.80 Å². The van der Waals surface area contributed by atoms with Gasteiger partial charge in [-0.2, -0.15) is 4.52 Å². The number of nitrogens with zero attached hydrogens (tertiary/aromatic N) is 8. The van der Waals surface area contributed by atoms with Crippen LogP contribution in [-0.2, 0) is 12.8 Å². The van der Waals surface area contributed by atoms with Crippen molar-refractivity contribution in [1.29, 1.82) is 0 Å². The van der Waals surface area contributed by atoms with Crippen LogP contribution in [0.1, 0.15) is 34.0 Å². The van der Waals surface area contributed by atoms with Crippen molar-refractivity contribution in [2.24, 2.45) is 0 Å². The summed E-state index contributed by atoms with van der Waals surface area (Å²) in [6, 6.07) is 3.85. The molecule has 27 heavy (non-hydrogen) atoms. The van der Waals surface area contributed by atoms with Crippen molar-refractivity contribution in [2.75, 3.05) is 31.1 Å². The molecule has 1 aliphatic carbocycles. The van der Waals surface area contributed by atoms with Gasteiger partial charge in [-0.1, -0.05) is 0 Å². The summed E-state index contributed by atoms with van der Waals surface area (Å²) >= 11 is 0. The van der Waals surface area contributed by atoms with Crippen LogP contribution < -0.4 is 4.90 Å². The molecular weight excluding hydrogens is 344 g/mol. The highest BCUT2D eigenvalue weighted by atomic mass is 16.2. The van der Waals surface area contributed by atoms with Crippen LogP contribution in [0.25, 0.3) is 5.65 Å². The minimum atomic E-state index is 0.0283. The Kier molecular flexibility index (Phi) is 3.73. The number of aromatic nitrogens is 6. The lowest BCUT2D eigenvalue weighted by atomic mass is 10.1. The highest BCUT2D eigenvalue weighted by Gasteiger charge is 2.28. The van der Waals surface area contributed by atoms with Gasteiger partial charge in [0.1, 0.15) is 23.7 Å². The van der Waals surface area contributed by atoms with Crippen molar-refractivity contribution in [3.8, 4) is 0 Å². The summed E-state index contributed by atoms with van der Waals surface area (Å²) in [7, 11) is 0. The maximum absolute atomic E-state index is 13.1. The van der Waals surface area contributed by atoms with Crippen LogP contribution in [-0.4, -0.2) is 66.8 Å². The summed E-state index contributed by atoms with van der Waals surface area (Å²) in [6.45, 7) is 4.63. The normalized spacial score (nSPS) is 16.8. The Balaban J connectivity index is 1.32. The molecule has 1 amide bonds. The molecule has 0 bridgehead atoms. The summed E-state index contributed by atoms with van der Waals surface area (Å²) in [5.74, 6) is 1.58. The van der Waals surface area contributed by atoms with E-state index in [1.807, 2.05) is 24.0 Å². The molecule has 9 nitrogen and oxygen atoms in total. The van der Waals surface area contributed by atoms with Gasteiger partial charge in [0.15, 0.2) is 5.65 Å². The van der Waals surface area contributed by atoms with Crippen molar-refractivity contribution in [3.63, 3.8) is 0 Å². The standard InChI is InChI=1S/C18H20N8O/c1-12-20-14-4-2-3-13(14)17(21-12)18(27)25-9-7-24(8-10-25)16-6-5-15-22-19-11-26(15)23-16/h5-6,11H,2-4,7-10H2,1H3. The maximum atomic E-state index is 13.1. The molecule has 5 rings (SSSR count). The first kappa shape index (κ1) is 16.1. The number of carbonyl (C=O) groups is 1. The van der Waals surface area contributed by atoms with Gasteiger partial charge in [0.25, 0.3) is 5.91 Å². The summed E-state index contributed by atoms with van der Waals surface area (Å²) in [4.78, 5) is 26.1. The Morgan fingerprint density at radius 2 is 1.93 bits per heavy atom. The van der Waals surface area contributed by atoms with Crippen molar-refractivity contribution < 1.29 is 4.79 Å². The van der Waals surface area contributed by atoms with E-state index in [0.717, 1.165) is 55.1 Å². The SMILES string of the molecule is Cc1nc2c(c(C(=O)N3CCN(c4ccc5nncn5n4)CC3)n1)CCC2. The van der Waals surface area contributed by atoms with E-state index in [9.17, 15) is 4.79 Å². The van der Waals surface area contributed by atoms with E-state index >= 15 is 0 Å². The van der Waals surface area contributed by atoms with Crippen molar-refractivity contribution in [1.82, 2.24) is 34.7 Å². The first-order valence-electron chi connectivity index (χ1n) is 9.27. The van der Waals surface area contributed by atoms with Gasteiger partial charge >= 0.3 is 0 Å². The lowest BCUT2D eigenvalue weighted by Crippen LogP contribution is -2.49. The quantitative estimate of drug-likeness (QED) is 0.660. The molecule has 0 radical (unpaired) electrons. The molecule has 0 saturated carbocycles. The predicted molar refractivity (Wildman–Crippen MR) is 97.7 cm³/mol. The first-order chi connectivity index (χ1) is 13.2. The molecule has 2 aliphatic rings. The first-order valence-corrected chi connectivity index (χ1v) is 9.27. The second-order valence-corrected chi connectivity index (χ2v) is 7.00. The van der Waals surface area contributed by atoms with Gasteiger partial charge in [0, 0.05) is 37.4 Å². The van der Waals surface area contributed by atoms with E-state index < -0.39 is 0 Å². The van der Waals surface area contributed by atoms with E-state index in [4.69, 9.17) is 0 Å². The number of hydrogen-bond donors (Lipinski definition) is 0. The second-order valence-electron chi connectivity index (χ2n) is 7.00. The van der Waals surface area contributed by atoms with E-state index in [2.05, 4.69) is 30.2 Å². The highest BCUT2D eigenvalue weighted by Crippen LogP contribution is 2.24. The molecule has 0 spiro atoms. The third-order valence-corrected chi connectivity index (χ3v) is 5.29. The van der Waals surface area contributed by atoms with Crippen LogP contribution >= 0.6 is 0 Å². The topological polar surface area (TPSA) is 92.4 Å². The average molecular weight is 364 g/mol. The third kappa shape index (κ3) is 2.79. The second kappa shape index (κ2) is 6.26. The van der Waals surface area contributed by atoms with Gasteiger partial charge in [0.2, 0.25) is 0 Å². The van der Waals surface area contributed by atoms with Gasteiger partial charge in [0.05, 0.1) is 0 Å². The van der Waals surface area contributed by atoms with E-state index in [0.29, 0.717) is 24.6 Å². The van der Waals surface area contributed by atoms with Gasteiger partial charge in [-0.3, -0.25) is 4.79 Å². The predicted octanol–water partition coefficient (Wildman–Crippen LogP) is 0.674. The minimum absolute atomic E-state index is 0.0283. The van der Waals surface area contributed by atoms with Gasteiger partial charge in [-0.05, 0) is 38.3 Å². The molecule has 3 aromatic rings. The smallest absolute Gasteiger partial charge is 0.273 e. The molecule has 1 fully saturated rings. The van der Waals surface area contributed by atoms with E-state index in [1.54, 1.807) is 10.8 Å². The Hall–Kier alpha value is -3.10. The largest absolute Gasteiger partial charge is 0.352 e. The van der Waals surface area contributed by atoms with Crippen molar-refractivity contribution in [3.05, 3.63) is 41.2 Å². The zero-order valence-corrected chi connectivity index (χ0v) is 15.2. The number of carbonyl (C=O) groups excluding carboxylic acids is 1. The van der Waals surface area contributed by atoms with Gasteiger partial charge in [-0.15, -0.1) is 15.3 Å². The lowest BCUT2D eigenvalue weighted by Gasteiger charge is -2.35. The van der Waals surface area contributed by atoms with Crippen molar-refractivity contribution >= 4 is 17.4 Å². The molecule has 0 unspecified atom stereocenters. The minimum Gasteiger partial charge on any atom is -0.352 e. The Labute approximate surface area is 156 Å². The fraction of sp³-hybridized carbons (Fsp3) is 0.444. The number of amides is 1. The molecular formula is C18H20N8O. The molecule has 0 aromatic carbocycles. The zero-order valence-electron chi connectivity index (χ0n) is 15.2. The Bertz CT molecular complexity index is 1020. The summed E-state index contributed by atoms with van der Waals surface area (Å²) in [5, 5.41) is 12.4. The molecule has 138 valence electrons. The van der Waals surface area contributed by atoms with Crippen molar-refractivity contribution in [2.45, 2.75) is 26.2 Å². The monoisotopic (exact) mass is 364 g/mol. The number of aryl methyl sites for hydroxylation is 2. The highest BCUT2D eigenvalue weighted by molar-refractivity contribution is 5.94. The lowest BCUT2D eigenvalue weighted by molar-refractivity contribution is 0.0739. The number of rotatable bonds is 2. The molecule has 4 heterocycles. The van der Waals surface area contributed by atoms with Crippen LogP contribution in [0.5, 0.6) is 0 Å². The zero-order chi connectivity index (χ0) is 18.4. The molecule has 0 N–H and O–H groups in total. The summed E-state index contributed by atoms with van der Waals surface area (Å²) in [5.41, 5.74) is 3.43. The van der Waals surface area contributed by atoms with Crippen LogP contribution in [0.3, 0.4) is 0 Å². The van der Waals surface area contributed by atoms with Crippen LogP contribution in [0, 0.1) is 6.92 Å². The van der Waals surface area contributed by atoms with E-state index in [1.165, 1.54) is 0 Å². The molecule has 1 aliphatic heterocycles. The maximum Gasteiger partial charge on any atom is 0.273 e. The molecule has 0 atom stereocenters. The Morgan fingerprint density at radius 1 is 1.07 bits per heavy atom. The number of hydrogen-bond acceptors (Lipinski definition) is 7. The fourth-order valence-electron chi connectivity index (χ4n) is 3.91. The number of piperazine rings is 1. The summed E-state index contributed by atoms with van der Waals surface area (Å²) < 4.78 is 1.67. The number of anilines is 1. The number of fused-ring (bicyclic) bond motifs is 2. The van der Waals surface area contributed by atoms with Crippen LogP contribution in [0.4, 0.5) is 5.82 Å². The van der Waals surface area contributed by atoms with E-state index in [-0.39, 0.29) is 5.91 Å². The average Bonchev–Trinajstić information content (AvgIpc) is 3.35. The molecule has 1 saturated heterocycles. The van der Waals surface area contributed by atoms with Gasteiger partial charge in [-0.25, -0.2) is 9.97 Å². The Morgan fingerprint density at radius 3 is 2.78 bits per heavy atom. The van der Waals surface area contributed by atoms with Crippen LogP contribution in [0.15, 0.2) is 18.5 Å². The molecule has 3 aromatic heterocycles. The third-order valence-electron chi connectivity index (χ3n) is 5.29.